The van der Waals surface area contributed by atoms with Crippen molar-refractivity contribution < 1.29 is 0 Å². The van der Waals surface area contributed by atoms with E-state index in [2.05, 4.69) is 53.3 Å². The van der Waals surface area contributed by atoms with E-state index in [1.54, 1.807) is 24.5 Å². The lowest BCUT2D eigenvalue weighted by Crippen LogP contribution is -2.23. The number of hydrogen-bond acceptors (Lipinski definition) is 12. The van der Waals surface area contributed by atoms with Crippen LogP contribution in [-0.4, -0.2) is 32.0 Å². The first-order valence-corrected chi connectivity index (χ1v) is 16.5. The van der Waals surface area contributed by atoms with Gasteiger partial charge in [0.05, 0.1) is 21.4 Å². The van der Waals surface area contributed by atoms with Gasteiger partial charge in [-0.25, -0.2) is 19.9 Å². The van der Waals surface area contributed by atoms with Gasteiger partial charge in [-0.15, -0.1) is 0 Å². The number of nitriles is 2. The number of thioether (sulfide) groups is 2. The van der Waals surface area contributed by atoms with Gasteiger partial charge in [-0.1, -0.05) is 55.6 Å². The highest BCUT2D eigenvalue weighted by atomic mass is 32.2. The number of allylic oxidation sites excluding steroid dienone is 4. The van der Waals surface area contributed by atoms with Crippen molar-refractivity contribution in [3.8, 4) is 12.1 Å². The average Bonchev–Trinajstić information content (AvgIpc) is 3.79. The van der Waals surface area contributed by atoms with E-state index < -0.39 is 0 Å². The third-order valence-corrected chi connectivity index (χ3v) is 9.48. The van der Waals surface area contributed by atoms with E-state index in [1.807, 2.05) is 24.7 Å². The highest BCUT2D eigenvalue weighted by Gasteiger charge is 2.20. The largest absolute Gasteiger partial charge is 0.352 e. The van der Waals surface area contributed by atoms with Crippen LogP contribution in [0.1, 0.15) is 83.0 Å². The summed E-state index contributed by atoms with van der Waals surface area (Å²) in [6, 6.07) is 8.98. The fourth-order valence-electron chi connectivity index (χ4n) is 5.28. The molecule has 10 nitrogen and oxygen atoms in total. The topological polar surface area (TPSA) is 147 Å². The molecule has 0 amide bonds. The molecule has 4 aliphatic rings. The zero-order chi connectivity index (χ0) is 30.0. The van der Waals surface area contributed by atoms with Gasteiger partial charge >= 0.3 is 0 Å². The molecule has 0 saturated heterocycles. The van der Waals surface area contributed by atoms with Crippen molar-refractivity contribution in [2.24, 2.45) is 0 Å². The summed E-state index contributed by atoms with van der Waals surface area (Å²) in [6.07, 6.45) is 14.4. The quantitative estimate of drug-likeness (QED) is 0.253. The van der Waals surface area contributed by atoms with Gasteiger partial charge in [0.2, 0.25) is 11.9 Å². The molecule has 0 unspecified atom stereocenters. The van der Waals surface area contributed by atoms with Gasteiger partial charge in [-0.05, 0) is 62.5 Å². The van der Waals surface area contributed by atoms with E-state index in [9.17, 15) is 10.5 Å². The summed E-state index contributed by atoms with van der Waals surface area (Å²) in [6.45, 7) is 3.95. The van der Waals surface area contributed by atoms with Gasteiger partial charge in [0.25, 0.3) is 0 Å². The van der Waals surface area contributed by atoms with Crippen LogP contribution >= 0.6 is 23.5 Å². The predicted octanol–water partition coefficient (Wildman–Crippen LogP) is 6.83. The Labute approximate surface area is 261 Å². The van der Waals surface area contributed by atoms with E-state index >= 15 is 0 Å². The van der Waals surface area contributed by atoms with Gasteiger partial charge in [0.15, 0.2) is 0 Å². The summed E-state index contributed by atoms with van der Waals surface area (Å²) in [5, 5.41) is 37.7. The molecule has 2 saturated carbocycles. The molecular weight excluding hydrogens is 577 g/mol. The molecule has 6 rings (SSSR count). The Morgan fingerprint density at radius 2 is 1.14 bits per heavy atom. The summed E-state index contributed by atoms with van der Waals surface area (Å²) < 4.78 is 0. The number of nitrogens with zero attached hydrogens (tertiary/aromatic N) is 6. The highest BCUT2D eigenvalue weighted by molar-refractivity contribution is 8.06. The third-order valence-electron chi connectivity index (χ3n) is 7.46. The van der Waals surface area contributed by atoms with Crippen LogP contribution in [0, 0.1) is 22.7 Å². The first kappa shape index (κ1) is 30.5. The van der Waals surface area contributed by atoms with E-state index in [0.717, 1.165) is 21.5 Å². The fourth-order valence-corrected chi connectivity index (χ4v) is 6.96. The number of rotatable bonds is 6. The molecule has 43 heavy (non-hydrogen) atoms. The lowest BCUT2D eigenvalue weighted by atomic mass is 9.96. The van der Waals surface area contributed by atoms with E-state index in [4.69, 9.17) is 0 Å². The Morgan fingerprint density at radius 1 is 0.721 bits per heavy atom. The number of nitrogens with one attached hydrogen (secondary N) is 4. The second-order valence-corrected chi connectivity index (χ2v) is 12.6. The second-order valence-electron chi connectivity index (χ2n) is 10.9. The molecule has 0 bridgehead atoms. The molecule has 2 aromatic heterocycles. The van der Waals surface area contributed by atoms with Gasteiger partial charge in [-0.3, -0.25) is 0 Å². The number of hydrogen-bond donors (Lipinski definition) is 4. The van der Waals surface area contributed by atoms with Crippen LogP contribution in [0.2, 0.25) is 0 Å². The minimum Gasteiger partial charge on any atom is -0.352 e. The molecule has 0 atom stereocenters. The van der Waals surface area contributed by atoms with Crippen molar-refractivity contribution >= 4 is 46.6 Å². The lowest BCUT2D eigenvalue weighted by molar-refractivity contribution is 0.461. The standard InChI is InChI=1S/C16H19N5S.C15H17N5S/c1-11-10-22-15(19-11)13(9-17)14-7-8-18-16(21-14)20-12-5-3-2-4-6-12;1-10-9-21-14(18-10)12(8-16)13-6-7-17-15(20-13)19-11-4-2-3-5-11/h7-8,10,12,19H,2-6H2,1H3,(H,18,20,21);6-7,9,11,18H,2-5H2,1H3,(H,17,19,20). The van der Waals surface area contributed by atoms with Crippen LogP contribution in [0.25, 0.3) is 11.1 Å². The molecule has 4 heterocycles. The van der Waals surface area contributed by atoms with Crippen molar-refractivity contribution in [2.75, 3.05) is 10.6 Å². The number of aromatic nitrogens is 4. The normalized spacial score (nSPS) is 20.7. The van der Waals surface area contributed by atoms with Crippen LogP contribution in [-0.2, 0) is 0 Å². The minimum atomic E-state index is 0.449. The Kier molecular flexibility index (Phi) is 10.6. The molecule has 2 fully saturated rings. The summed E-state index contributed by atoms with van der Waals surface area (Å²) in [4.78, 5) is 17.6. The van der Waals surface area contributed by atoms with E-state index in [0.29, 0.717) is 46.5 Å². The molecular formula is C31H36N10S2. The third kappa shape index (κ3) is 8.31. The van der Waals surface area contributed by atoms with Gasteiger partial charge in [-0.2, -0.15) is 10.5 Å². The summed E-state index contributed by atoms with van der Waals surface area (Å²) in [5.41, 5.74) is 4.53. The molecule has 12 heteroatoms. The number of anilines is 2. The fraction of sp³-hybridized carbons (Fsp3) is 0.419. The predicted molar refractivity (Wildman–Crippen MR) is 174 cm³/mol. The van der Waals surface area contributed by atoms with Crippen molar-refractivity contribution in [3.05, 3.63) is 68.2 Å². The molecule has 222 valence electrons. The summed E-state index contributed by atoms with van der Waals surface area (Å²) in [7, 11) is 0. The average molecular weight is 613 g/mol. The van der Waals surface area contributed by atoms with Crippen molar-refractivity contribution in [3.63, 3.8) is 0 Å². The molecule has 2 aromatic rings. The Hall–Kier alpha value is -4.00. The van der Waals surface area contributed by atoms with Crippen LogP contribution in [0.5, 0.6) is 0 Å². The molecule has 2 aliphatic heterocycles. The second kappa shape index (κ2) is 14.9. The van der Waals surface area contributed by atoms with Gasteiger partial charge in [0.1, 0.15) is 23.3 Å². The lowest BCUT2D eigenvalue weighted by Gasteiger charge is -2.22. The van der Waals surface area contributed by atoms with Crippen molar-refractivity contribution in [2.45, 2.75) is 83.7 Å². The Balaban J connectivity index is 0.000000171. The molecule has 0 spiro atoms. The smallest absolute Gasteiger partial charge is 0.223 e. The zero-order valence-electron chi connectivity index (χ0n) is 24.5. The summed E-state index contributed by atoms with van der Waals surface area (Å²) >= 11 is 3.04. The molecule has 2 aliphatic carbocycles. The maximum Gasteiger partial charge on any atom is 0.223 e. The van der Waals surface area contributed by atoms with E-state index in [-0.39, 0.29) is 0 Å². The zero-order valence-corrected chi connectivity index (χ0v) is 26.1. The summed E-state index contributed by atoms with van der Waals surface area (Å²) in [5.74, 6) is 1.23. The molecule has 0 aromatic carbocycles. The van der Waals surface area contributed by atoms with Crippen molar-refractivity contribution in [1.82, 2.24) is 30.6 Å². The molecule has 0 radical (unpaired) electrons. The first-order valence-electron chi connectivity index (χ1n) is 14.7. The van der Waals surface area contributed by atoms with Gasteiger partial charge in [0, 0.05) is 35.9 Å². The minimum absolute atomic E-state index is 0.449. The Bertz CT molecular complexity index is 1520. The monoisotopic (exact) mass is 612 g/mol. The Morgan fingerprint density at radius 3 is 1.51 bits per heavy atom. The highest BCUT2D eigenvalue weighted by Crippen LogP contribution is 2.32. The maximum absolute atomic E-state index is 9.47. The first-order chi connectivity index (χ1) is 21.0. The van der Waals surface area contributed by atoms with Crippen LogP contribution in [0.3, 0.4) is 0 Å². The van der Waals surface area contributed by atoms with Crippen LogP contribution in [0.4, 0.5) is 11.9 Å². The van der Waals surface area contributed by atoms with Gasteiger partial charge < -0.3 is 21.3 Å². The van der Waals surface area contributed by atoms with E-state index in [1.165, 1.54) is 81.3 Å². The van der Waals surface area contributed by atoms with Crippen LogP contribution < -0.4 is 21.3 Å². The SMILES string of the molecule is CC1=CSC(=C(C#N)c2ccnc(NC3CCCC3)n2)N1.CC1=CSC(=C(C#N)c2ccnc(NC3CCCCC3)n2)N1. The van der Waals surface area contributed by atoms with Crippen LogP contribution in [0.15, 0.2) is 56.8 Å². The maximum atomic E-state index is 9.47. The molecule has 4 N–H and O–H groups in total. The van der Waals surface area contributed by atoms with Crippen molar-refractivity contribution in [1.29, 1.82) is 10.5 Å².